The molecule has 1 aliphatic rings. The Morgan fingerprint density at radius 2 is 2.10 bits per heavy atom. The molecule has 0 spiro atoms. The molecule has 1 aliphatic carbocycles. The number of ether oxygens (including phenoxy) is 1. The second-order valence-corrected chi connectivity index (χ2v) is 4.80. The zero-order chi connectivity index (χ0) is 14.7. The number of carbonyl (C=O) groups excluding carboxylic acids is 2. The van der Waals surface area contributed by atoms with Crippen LogP contribution in [0.4, 0.5) is 0 Å². The monoisotopic (exact) mass is 275 g/mol. The molecule has 0 fully saturated rings. The maximum atomic E-state index is 12.0. The van der Waals surface area contributed by atoms with Crippen molar-refractivity contribution >= 4 is 11.8 Å². The fraction of sp³-hybridized carbons (Fsp3) is 0.400. The lowest BCUT2D eigenvalue weighted by molar-refractivity contribution is -0.136. The van der Waals surface area contributed by atoms with Crippen LogP contribution in [0, 0.1) is 0 Å². The predicted octanol–water partition coefficient (Wildman–Crippen LogP) is 1.49. The van der Waals surface area contributed by atoms with Crippen molar-refractivity contribution < 1.29 is 14.3 Å². The maximum Gasteiger partial charge on any atom is 0.333 e. The van der Waals surface area contributed by atoms with Crippen molar-refractivity contribution in [2.45, 2.75) is 32.7 Å². The summed E-state index contributed by atoms with van der Waals surface area (Å²) in [5, 5.41) is 0. The van der Waals surface area contributed by atoms with Gasteiger partial charge < -0.3 is 9.30 Å². The number of aromatic nitrogens is 1. The van der Waals surface area contributed by atoms with Gasteiger partial charge in [0.15, 0.2) is 5.78 Å². The Kier molecular flexibility index (Phi) is 4.17. The molecule has 0 unspecified atom stereocenters. The number of carbonyl (C=O) groups is 2. The van der Waals surface area contributed by atoms with Gasteiger partial charge in [0.05, 0.1) is 7.11 Å². The highest BCUT2D eigenvalue weighted by Gasteiger charge is 2.20. The van der Waals surface area contributed by atoms with Gasteiger partial charge in [-0.05, 0) is 25.8 Å². The highest BCUT2D eigenvalue weighted by atomic mass is 16.5. The molecular formula is C15H17NO4. The number of ketones is 1. The third-order valence-corrected chi connectivity index (χ3v) is 3.50. The Morgan fingerprint density at radius 1 is 1.35 bits per heavy atom. The van der Waals surface area contributed by atoms with E-state index < -0.39 is 5.97 Å². The van der Waals surface area contributed by atoms with E-state index in [0.717, 1.165) is 12.1 Å². The summed E-state index contributed by atoms with van der Waals surface area (Å²) >= 11 is 0. The Morgan fingerprint density at radius 3 is 2.80 bits per heavy atom. The van der Waals surface area contributed by atoms with Crippen molar-refractivity contribution in [2.75, 3.05) is 7.11 Å². The highest BCUT2D eigenvalue weighted by molar-refractivity contribution is 5.98. The average Bonchev–Trinajstić information content (AvgIpc) is 2.45. The summed E-state index contributed by atoms with van der Waals surface area (Å²) < 4.78 is 6.17. The Labute approximate surface area is 116 Å². The topological polar surface area (TPSA) is 65.4 Å². The molecule has 0 radical (unpaired) electrons. The second kappa shape index (κ2) is 5.86. The molecule has 0 N–H and O–H groups in total. The number of hydrogen-bond donors (Lipinski definition) is 0. The third-order valence-electron chi connectivity index (χ3n) is 3.50. The molecule has 0 saturated carbocycles. The molecule has 0 amide bonds. The molecule has 1 aromatic rings. The van der Waals surface area contributed by atoms with Gasteiger partial charge in [0.25, 0.3) is 5.56 Å². The van der Waals surface area contributed by atoms with Gasteiger partial charge in [-0.15, -0.1) is 0 Å². The van der Waals surface area contributed by atoms with Gasteiger partial charge in [-0.25, -0.2) is 4.79 Å². The molecule has 0 atom stereocenters. The van der Waals surface area contributed by atoms with Gasteiger partial charge >= 0.3 is 5.97 Å². The van der Waals surface area contributed by atoms with Crippen molar-refractivity contribution in [3.8, 4) is 0 Å². The lowest BCUT2D eigenvalue weighted by atomic mass is 9.94. The van der Waals surface area contributed by atoms with E-state index in [2.05, 4.69) is 4.74 Å². The molecule has 0 saturated heterocycles. The molecular weight excluding hydrogens is 258 g/mol. The number of fused-ring (bicyclic) bond motifs is 1. The number of hydrogen-bond acceptors (Lipinski definition) is 4. The Hall–Kier alpha value is -2.17. The van der Waals surface area contributed by atoms with E-state index in [4.69, 9.17) is 0 Å². The lowest BCUT2D eigenvalue weighted by Gasteiger charge is -2.19. The van der Waals surface area contributed by atoms with Gasteiger partial charge in [-0.2, -0.15) is 0 Å². The zero-order valence-corrected chi connectivity index (χ0v) is 11.6. The van der Waals surface area contributed by atoms with Crippen molar-refractivity contribution in [2.24, 2.45) is 0 Å². The normalized spacial score (nSPS) is 14.9. The summed E-state index contributed by atoms with van der Waals surface area (Å²) in [5.41, 5.74) is 1.68. The van der Waals surface area contributed by atoms with Crippen LogP contribution in [0.15, 0.2) is 28.6 Å². The first-order chi connectivity index (χ1) is 9.54. The quantitative estimate of drug-likeness (QED) is 0.619. The Bertz CT molecular complexity index is 640. The molecule has 5 nitrogen and oxygen atoms in total. The number of esters is 1. The van der Waals surface area contributed by atoms with Crippen LogP contribution in [-0.4, -0.2) is 23.4 Å². The van der Waals surface area contributed by atoms with Crippen LogP contribution < -0.4 is 5.56 Å². The van der Waals surface area contributed by atoms with E-state index in [-0.39, 0.29) is 17.9 Å². The molecule has 0 bridgehead atoms. The molecule has 20 heavy (non-hydrogen) atoms. The molecule has 0 aromatic carbocycles. The molecule has 1 heterocycles. The summed E-state index contributed by atoms with van der Waals surface area (Å²) in [5.74, 6) is -0.340. The van der Waals surface area contributed by atoms with Gasteiger partial charge in [0, 0.05) is 35.9 Å². The lowest BCUT2D eigenvalue weighted by Crippen LogP contribution is -2.27. The number of methoxy groups -OCH3 is 1. The summed E-state index contributed by atoms with van der Waals surface area (Å²) in [4.78, 5) is 35.1. The van der Waals surface area contributed by atoms with Crippen molar-refractivity contribution in [3.63, 3.8) is 0 Å². The number of allylic oxidation sites excluding steroid dienone is 1. The Balaban J connectivity index is 2.37. The van der Waals surface area contributed by atoms with E-state index in [1.807, 2.05) is 0 Å². The fourth-order valence-corrected chi connectivity index (χ4v) is 2.37. The molecule has 5 heteroatoms. The van der Waals surface area contributed by atoms with Crippen LogP contribution in [0.2, 0.25) is 0 Å². The first-order valence-electron chi connectivity index (χ1n) is 6.55. The molecule has 0 aliphatic heterocycles. The highest BCUT2D eigenvalue weighted by Crippen LogP contribution is 2.19. The van der Waals surface area contributed by atoms with E-state index in [1.165, 1.54) is 13.2 Å². The number of nitrogens with zero attached hydrogens (tertiary/aromatic N) is 1. The second-order valence-electron chi connectivity index (χ2n) is 4.80. The van der Waals surface area contributed by atoms with Crippen LogP contribution in [0.25, 0.3) is 0 Å². The number of rotatable bonds is 3. The summed E-state index contributed by atoms with van der Waals surface area (Å²) in [6.07, 6.45) is 3.64. The smallest absolute Gasteiger partial charge is 0.333 e. The zero-order valence-electron chi connectivity index (χ0n) is 11.6. The van der Waals surface area contributed by atoms with Crippen LogP contribution in [0.3, 0.4) is 0 Å². The third kappa shape index (κ3) is 2.71. The SMILES string of the molecule is COC(=O)/C(C)=C/Cn1c2c(ccc1=O)C(=O)CCC2. The van der Waals surface area contributed by atoms with Gasteiger partial charge in [-0.1, -0.05) is 6.08 Å². The number of pyridine rings is 1. The van der Waals surface area contributed by atoms with Crippen LogP contribution in [0.5, 0.6) is 0 Å². The van der Waals surface area contributed by atoms with Gasteiger partial charge in [0.2, 0.25) is 0 Å². The summed E-state index contributed by atoms with van der Waals surface area (Å²) in [6.45, 7) is 1.91. The van der Waals surface area contributed by atoms with E-state index >= 15 is 0 Å². The van der Waals surface area contributed by atoms with Crippen molar-refractivity contribution in [3.05, 3.63) is 45.4 Å². The van der Waals surface area contributed by atoms with Crippen LogP contribution >= 0.6 is 0 Å². The molecule has 2 rings (SSSR count). The van der Waals surface area contributed by atoms with E-state index in [9.17, 15) is 14.4 Å². The largest absolute Gasteiger partial charge is 0.466 e. The van der Waals surface area contributed by atoms with Crippen LogP contribution in [-0.2, 0) is 22.5 Å². The van der Waals surface area contributed by atoms with E-state index in [0.29, 0.717) is 24.0 Å². The first-order valence-corrected chi connectivity index (χ1v) is 6.55. The predicted molar refractivity (Wildman–Crippen MR) is 73.7 cm³/mol. The maximum absolute atomic E-state index is 12.0. The minimum absolute atomic E-state index is 0.0775. The van der Waals surface area contributed by atoms with Gasteiger partial charge in [-0.3, -0.25) is 9.59 Å². The van der Waals surface area contributed by atoms with Crippen LogP contribution in [0.1, 0.15) is 35.8 Å². The van der Waals surface area contributed by atoms with Gasteiger partial charge in [0.1, 0.15) is 0 Å². The van der Waals surface area contributed by atoms with Crippen molar-refractivity contribution in [1.29, 1.82) is 0 Å². The standard InChI is InChI=1S/C15H17NO4/c1-10(15(19)20-2)8-9-16-12-4-3-5-13(17)11(12)6-7-14(16)18/h6-8H,3-5,9H2,1-2H3/b10-8+. The molecule has 1 aromatic heterocycles. The average molecular weight is 275 g/mol. The fourth-order valence-electron chi connectivity index (χ4n) is 2.37. The first kappa shape index (κ1) is 14.2. The minimum atomic E-state index is -0.418. The van der Waals surface area contributed by atoms with E-state index in [1.54, 1.807) is 23.6 Å². The van der Waals surface area contributed by atoms with Crippen molar-refractivity contribution in [1.82, 2.24) is 4.57 Å². The molecule has 106 valence electrons. The summed E-state index contributed by atoms with van der Waals surface area (Å²) in [6, 6.07) is 3.01. The number of Topliss-reactive ketones (excluding diaryl/α,β-unsaturated/α-hetero) is 1. The summed E-state index contributed by atoms with van der Waals surface area (Å²) in [7, 11) is 1.31. The minimum Gasteiger partial charge on any atom is -0.466 e.